The van der Waals surface area contributed by atoms with Gasteiger partial charge in [0, 0.05) is 33.1 Å². The fourth-order valence-corrected chi connectivity index (χ4v) is 2.44. The van der Waals surface area contributed by atoms with Crippen LogP contribution in [0.1, 0.15) is 36.0 Å². The predicted octanol–water partition coefficient (Wildman–Crippen LogP) is 0.905. The summed E-state index contributed by atoms with van der Waals surface area (Å²) in [7, 11) is -0.960. The summed E-state index contributed by atoms with van der Waals surface area (Å²) in [5.41, 5.74) is 0.131. The molecule has 0 radical (unpaired) electrons. The molecule has 0 aliphatic rings. The molecule has 0 atom stereocenters. The number of amides is 1. The van der Waals surface area contributed by atoms with Crippen LogP contribution in [0.2, 0.25) is 0 Å². The molecule has 1 heterocycles. The molecular weight excluding hydrogens is 312 g/mol. The van der Waals surface area contributed by atoms with E-state index in [0.29, 0.717) is 25.8 Å². The van der Waals surface area contributed by atoms with Crippen LogP contribution in [0.15, 0.2) is 21.8 Å². The maximum atomic E-state index is 11.8. The molecule has 0 aliphatic carbocycles. The normalized spacial score (nSPS) is 11.6. The lowest BCUT2D eigenvalue weighted by Gasteiger charge is -2.07. The first-order valence-corrected chi connectivity index (χ1v) is 8.20. The summed E-state index contributed by atoms with van der Waals surface area (Å²) < 4.78 is 29.5. The molecule has 2 N–H and O–H groups in total. The lowest BCUT2D eigenvalue weighted by molar-refractivity contribution is -0.137. The van der Waals surface area contributed by atoms with Crippen LogP contribution in [-0.2, 0) is 14.8 Å². The van der Waals surface area contributed by atoms with Gasteiger partial charge in [-0.25, -0.2) is 12.7 Å². The van der Waals surface area contributed by atoms with E-state index in [-0.39, 0.29) is 17.1 Å². The second-order valence-electron chi connectivity index (χ2n) is 4.90. The topological polar surface area (TPSA) is 117 Å². The Hall–Kier alpha value is -1.87. The van der Waals surface area contributed by atoms with Crippen molar-refractivity contribution in [3.63, 3.8) is 0 Å². The van der Waals surface area contributed by atoms with Crippen molar-refractivity contribution in [1.82, 2.24) is 9.62 Å². The van der Waals surface area contributed by atoms with E-state index in [1.165, 1.54) is 20.2 Å². The maximum absolute atomic E-state index is 11.8. The average Bonchev–Trinajstić information content (AvgIpc) is 2.92. The number of unbranched alkanes of at least 4 members (excludes halogenated alkanes) is 2. The molecule has 1 amide bonds. The maximum Gasteiger partial charge on any atom is 0.303 e. The number of hydrogen-bond donors (Lipinski definition) is 2. The van der Waals surface area contributed by atoms with Crippen LogP contribution < -0.4 is 5.32 Å². The summed E-state index contributed by atoms with van der Waals surface area (Å²) in [4.78, 5) is 22.1. The molecule has 8 nitrogen and oxygen atoms in total. The van der Waals surface area contributed by atoms with Crippen LogP contribution in [0.4, 0.5) is 0 Å². The first kappa shape index (κ1) is 18.2. The standard InChI is InChI=1S/C13H20N2O6S/c1-15(2)22(19,20)12-8-10(9-21-12)13(18)14-7-5-3-4-6-11(16)17/h8-9H,3-7H2,1-2H3,(H,14,18)(H,16,17). The zero-order valence-electron chi connectivity index (χ0n) is 12.5. The van der Waals surface area contributed by atoms with Gasteiger partial charge in [-0.05, 0) is 12.8 Å². The molecule has 1 aromatic heterocycles. The monoisotopic (exact) mass is 332 g/mol. The quantitative estimate of drug-likeness (QED) is 0.649. The highest BCUT2D eigenvalue weighted by atomic mass is 32.2. The summed E-state index contributed by atoms with van der Waals surface area (Å²) in [6.07, 6.45) is 3.11. The second kappa shape index (κ2) is 7.95. The van der Waals surface area contributed by atoms with Crippen LogP contribution in [-0.4, -0.2) is 50.3 Å². The van der Waals surface area contributed by atoms with Gasteiger partial charge in [-0.3, -0.25) is 9.59 Å². The van der Waals surface area contributed by atoms with Gasteiger partial charge >= 0.3 is 5.97 Å². The SMILES string of the molecule is CN(C)S(=O)(=O)c1cc(C(=O)NCCCCCC(=O)O)co1. The third-order valence-corrected chi connectivity index (χ3v) is 4.61. The van der Waals surface area contributed by atoms with E-state index in [9.17, 15) is 18.0 Å². The number of aliphatic carboxylic acids is 1. The summed E-state index contributed by atoms with van der Waals surface area (Å²) >= 11 is 0. The van der Waals surface area contributed by atoms with Gasteiger partial charge in [-0.15, -0.1) is 0 Å². The first-order valence-electron chi connectivity index (χ1n) is 6.76. The Bertz CT molecular complexity index is 620. The minimum Gasteiger partial charge on any atom is -0.481 e. The Morgan fingerprint density at radius 3 is 2.55 bits per heavy atom. The predicted molar refractivity (Wildman–Crippen MR) is 78.0 cm³/mol. The fraction of sp³-hybridized carbons (Fsp3) is 0.538. The zero-order valence-corrected chi connectivity index (χ0v) is 13.4. The number of furan rings is 1. The van der Waals surface area contributed by atoms with E-state index in [2.05, 4.69) is 5.32 Å². The number of carboxylic acids is 1. The number of carbonyl (C=O) groups excluding carboxylic acids is 1. The number of hydrogen-bond acceptors (Lipinski definition) is 5. The molecule has 0 spiro atoms. The van der Waals surface area contributed by atoms with Crippen LogP contribution in [0.5, 0.6) is 0 Å². The van der Waals surface area contributed by atoms with E-state index < -0.39 is 21.9 Å². The van der Waals surface area contributed by atoms with E-state index in [4.69, 9.17) is 9.52 Å². The fourth-order valence-electron chi connectivity index (χ4n) is 1.63. The van der Waals surface area contributed by atoms with Crippen molar-refractivity contribution in [2.75, 3.05) is 20.6 Å². The average molecular weight is 332 g/mol. The van der Waals surface area contributed by atoms with Gasteiger partial charge in [0.15, 0.2) is 0 Å². The number of nitrogens with zero attached hydrogens (tertiary/aromatic N) is 1. The summed E-state index contributed by atoms with van der Waals surface area (Å²) in [5.74, 6) is -1.26. The first-order chi connectivity index (χ1) is 10.2. The molecular formula is C13H20N2O6S. The van der Waals surface area contributed by atoms with Gasteiger partial charge in [-0.2, -0.15) is 0 Å². The zero-order chi connectivity index (χ0) is 16.8. The minimum atomic E-state index is -3.70. The van der Waals surface area contributed by atoms with Crippen LogP contribution in [0.25, 0.3) is 0 Å². The van der Waals surface area contributed by atoms with Gasteiger partial charge in [0.2, 0.25) is 5.09 Å². The van der Waals surface area contributed by atoms with Crippen molar-refractivity contribution in [3.8, 4) is 0 Å². The van der Waals surface area contributed by atoms with Crippen molar-refractivity contribution >= 4 is 21.9 Å². The number of carbonyl (C=O) groups is 2. The smallest absolute Gasteiger partial charge is 0.303 e. The Labute approximate surface area is 129 Å². The van der Waals surface area contributed by atoms with Crippen molar-refractivity contribution < 1.29 is 27.5 Å². The Morgan fingerprint density at radius 2 is 1.95 bits per heavy atom. The van der Waals surface area contributed by atoms with Crippen molar-refractivity contribution in [3.05, 3.63) is 17.9 Å². The van der Waals surface area contributed by atoms with Gasteiger partial charge in [0.05, 0.1) is 5.56 Å². The summed E-state index contributed by atoms with van der Waals surface area (Å²) in [6.45, 7) is 0.388. The highest BCUT2D eigenvalue weighted by molar-refractivity contribution is 7.88. The number of carboxylic acid groups (broad SMARTS) is 1. The van der Waals surface area contributed by atoms with Crippen molar-refractivity contribution in [1.29, 1.82) is 0 Å². The van der Waals surface area contributed by atoms with Gasteiger partial charge in [-0.1, -0.05) is 6.42 Å². The Morgan fingerprint density at radius 1 is 1.27 bits per heavy atom. The highest BCUT2D eigenvalue weighted by Crippen LogP contribution is 2.16. The Balaban J connectivity index is 2.44. The van der Waals surface area contributed by atoms with Gasteiger partial charge < -0.3 is 14.8 Å². The highest BCUT2D eigenvalue weighted by Gasteiger charge is 2.23. The summed E-state index contributed by atoms with van der Waals surface area (Å²) in [5, 5.41) is 10.8. The van der Waals surface area contributed by atoms with Crippen molar-refractivity contribution in [2.24, 2.45) is 0 Å². The molecule has 0 aliphatic heterocycles. The van der Waals surface area contributed by atoms with Crippen LogP contribution in [0, 0.1) is 0 Å². The molecule has 9 heteroatoms. The van der Waals surface area contributed by atoms with Crippen LogP contribution >= 0.6 is 0 Å². The number of sulfonamides is 1. The molecule has 1 rings (SSSR count). The van der Waals surface area contributed by atoms with E-state index in [1.54, 1.807) is 0 Å². The molecule has 0 fully saturated rings. The second-order valence-corrected chi connectivity index (χ2v) is 6.98. The minimum absolute atomic E-state index is 0.113. The summed E-state index contributed by atoms with van der Waals surface area (Å²) in [6, 6.07) is 1.18. The van der Waals surface area contributed by atoms with Gasteiger partial charge in [0.1, 0.15) is 6.26 Å². The van der Waals surface area contributed by atoms with E-state index in [1.807, 2.05) is 0 Å². The third-order valence-electron chi connectivity index (χ3n) is 2.93. The molecule has 0 saturated heterocycles. The number of nitrogens with one attached hydrogen (secondary N) is 1. The van der Waals surface area contributed by atoms with E-state index >= 15 is 0 Å². The molecule has 124 valence electrons. The molecule has 0 unspecified atom stereocenters. The molecule has 1 aromatic rings. The van der Waals surface area contributed by atoms with E-state index in [0.717, 1.165) is 10.6 Å². The van der Waals surface area contributed by atoms with Crippen LogP contribution in [0.3, 0.4) is 0 Å². The third kappa shape index (κ3) is 5.15. The van der Waals surface area contributed by atoms with Crippen molar-refractivity contribution in [2.45, 2.75) is 30.8 Å². The lowest BCUT2D eigenvalue weighted by atomic mass is 10.2. The molecule has 22 heavy (non-hydrogen) atoms. The van der Waals surface area contributed by atoms with Gasteiger partial charge in [0.25, 0.3) is 15.9 Å². The molecule has 0 bridgehead atoms. The largest absolute Gasteiger partial charge is 0.481 e. The molecule has 0 aromatic carbocycles. The Kier molecular flexibility index (Phi) is 6.57. The lowest BCUT2D eigenvalue weighted by Crippen LogP contribution is -2.24. The molecule has 0 saturated carbocycles. The number of rotatable bonds is 9.